The second-order valence-electron chi connectivity index (χ2n) is 3.45. The number of alkyl halides is 3. The van der Waals surface area contributed by atoms with Crippen LogP contribution in [0.15, 0.2) is 0 Å². The highest BCUT2D eigenvalue weighted by molar-refractivity contribution is 8.77. The summed E-state index contributed by atoms with van der Waals surface area (Å²) in [5, 5.41) is 0.600. The van der Waals surface area contributed by atoms with Crippen molar-refractivity contribution in [1.82, 2.24) is 0 Å². The summed E-state index contributed by atoms with van der Waals surface area (Å²) in [6.07, 6.45) is 0. The van der Waals surface area contributed by atoms with Crippen LogP contribution >= 0.6 is 56.4 Å². The lowest BCUT2D eigenvalue weighted by atomic mass is 10.1. The van der Waals surface area contributed by atoms with Crippen molar-refractivity contribution in [2.45, 2.75) is 42.0 Å². The minimum absolute atomic E-state index is 0.0462. The van der Waals surface area contributed by atoms with Crippen LogP contribution in [0.25, 0.3) is 0 Å². The first-order chi connectivity index (χ1) is 5.75. The lowest BCUT2D eigenvalue weighted by molar-refractivity contribution is 0.617. The fraction of sp³-hybridized carbons (Fsp3) is 1.00. The van der Waals surface area contributed by atoms with Gasteiger partial charge in [0.25, 0.3) is 0 Å². The molecule has 0 radical (unpaired) electrons. The fourth-order valence-electron chi connectivity index (χ4n) is 0.715. The van der Waals surface area contributed by atoms with E-state index in [1.54, 1.807) is 21.6 Å². The summed E-state index contributed by atoms with van der Waals surface area (Å²) in [5.41, 5.74) is 0. The Morgan fingerprint density at radius 3 is 1.62 bits per heavy atom. The zero-order chi connectivity index (χ0) is 10.6. The van der Waals surface area contributed by atoms with Gasteiger partial charge >= 0.3 is 0 Å². The maximum atomic E-state index is 5.87. The van der Waals surface area contributed by atoms with Crippen LogP contribution in [-0.2, 0) is 0 Å². The lowest BCUT2D eigenvalue weighted by Gasteiger charge is -2.27. The van der Waals surface area contributed by atoms with Crippen LogP contribution in [0.3, 0.4) is 0 Å². The van der Waals surface area contributed by atoms with Crippen LogP contribution in [0.2, 0.25) is 0 Å². The summed E-state index contributed by atoms with van der Waals surface area (Å²) in [6.45, 7) is 8.40. The summed E-state index contributed by atoms with van der Waals surface area (Å²) >= 11 is 17.6. The van der Waals surface area contributed by atoms with Crippen molar-refractivity contribution in [3.8, 4) is 0 Å². The molecule has 5 heteroatoms. The van der Waals surface area contributed by atoms with E-state index in [1.807, 2.05) is 0 Å². The first kappa shape index (κ1) is 14.6. The van der Waals surface area contributed by atoms with Crippen molar-refractivity contribution in [2.24, 2.45) is 5.92 Å². The van der Waals surface area contributed by atoms with Crippen LogP contribution in [0, 0.1) is 5.92 Å². The predicted octanol–water partition coefficient (Wildman–Crippen LogP) is 5.17. The number of halogens is 3. The Balaban J connectivity index is 4.12. The van der Waals surface area contributed by atoms with Gasteiger partial charge < -0.3 is 0 Å². The van der Waals surface area contributed by atoms with E-state index in [0.29, 0.717) is 11.2 Å². The highest BCUT2D eigenvalue weighted by Gasteiger charge is 2.35. The Kier molecular flexibility index (Phi) is 6.97. The number of rotatable bonds is 4. The predicted molar refractivity (Wildman–Crippen MR) is 69.2 cm³/mol. The van der Waals surface area contributed by atoms with E-state index in [-0.39, 0.29) is 5.25 Å². The fourth-order valence-corrected chi connectivity index (χ4v) is 5.15. The first-order valence-electron chi connectivity index (χ1n) is 4.14. The molecule has 0 heterocycles. The normalized spacial score (nSPS) is 15.5. The van der Waals surface area contributed by atoms with E-state index >= 15 is 0 Å². The van der Waals surface area contributed by atoms with Crippen molar-refractivity contribution in [3.05, 3.63) is 0 Å². The molecule has 0 nitrogen and oxygen atoms in total. The molecule has 0 aromatic heterocycles. The van der Waals surface area contributed by atoms with E-state index in [9.17, 15) is 0 Å². The molecule has 0 unspecified atom stereocenters. The van der Waals surface area contributed by atoms with Crippen molar-refractivity contribution >= 4 is 56.4 Å². The number of hydrogen-bond donors (Lipinski definition) is 0. The minimum atomic E-state index is -1.17. The van der Waals surface area contributed by atoms with E-state index in [2.05, 4.69) is 27.7 Å². The van der Waals surface area contributed by atoms with Gasteiger partial charge in [-0.05, 0) is 5.92 Å². The molecule has 13 heavy (non-hydrogen) atoms. The maximum Gasteiger partial charge on any atom is 0.203 e. The molecule has 0 aromatic carbocycles. The smallest absolute Gasteiger partial charge is 0.0909 e. The minimum Gasteiger partial charge on any atom is -0.0909 e. The Bertz CT molecular complexity index is 143. The highest BCUT2D eigenvalue weighted by Crippen LogP contribution is 2.46. The maximum absolute atomic E-state index is 5.87. The van der Waals surface area contributed by atoms with E-state index in [1.165, 1.54) is 0 Å². The molecule has 80 valence electrons. The second kappa shape index (κ2) is 6.22. The molecule has 0 aliphatic rings. The zero-order valence-corrected chi connectivity index (χ0v) is 12.1. The quantitative estimate of drug-likeness (QED) is 0.515. The van der Waals surface area contributed by atoms with Gasteiger partial charge in [0.15, 0.2) is 0 Å². The summed E-state index contributed by atoms with van der Waals surface area (Å²) in [5.74, 6) is 0.365. The van der Waals surface area contributed by atoms with Crippen molar-refractivity contribution in [3.63, 3.8) is 0 Å². The molecule has 0 spiro atoms. The third-order valence-corrected chi connectivity index (χ3v) is 6.08. The van der Waals surface area contributed by atoms with Crippen molar-refractivity contribution < 1.29 is 0 Å². The van der Waals surface area contributed by atoms with Gasteiger partial charge in [-0.2, -0.15) is 0 Å². The van der Waals surface area contributed by atoms with Crippen LogP contribution < -0.4 is 0 Å². The van der Waals surface area contributed by atoms with Gasteiger partial charge in [0.05, 0.1) is 5.25 Å². The molecule has 0 aromatic rings. The van der Waals surface area contributed by atoms with E-state index in [4.69, 9.17) is 34.8 Å². The molecule has 0 rings (SSSR count). The molecule has 0 aliphatic heterocycles. The van der Waals surface area contributed by atoms with Crippen LogP contribution in [0.5, 0.6) is 0 Å². The van der Waals surface area contributed by atoms with Crippen molar-refractivity contribution in [1.29, 1.82) is 0 Å². The average molecular weight is 282 g/mol. The largest absolute Gasteiger partial charge is 0.203 e. The van der Waals surface area contributed by atoms with E-state index < -0.39 is 3.79 Å². The molecule has 0 saturated heterocycles. The van der Waals surface area contributed by atoms with Gasteiger partial charge in [0.1, 0.15) is 0 Å². The molecule has 1 atom stereocenters. The van der Waals surface area contributed by atoms with E-state index in [0.717, 1.165) is 0 Å². The summed E-state index contributed by atoms with van der Waals surface area (Å²) in [4.78, 5) is 0. The van der Waals surface area contributed by atoms with Gasteiger partial charge in [0, 0.05) is 5.25 Å². The highest BCUT2D eigenvalue weighted by atomic mass is 35.6. The third kappa shape index (κ3) is 6.62. The molecule has 0 saturated carbocycles. The molecule has 0 bridgehead atoms. The van der Waals surface area contributed by atoms with Crippen molar-refractivity contribution in [2.75, 3.05) is 0 Å². The average Bonchev–Trinajstić information content (AvgIpc) is 1.81. The molecular weight excluding hydrogens is 267 g/mol. The third-order valence-electron chi connectivity index (χ3n) is 1.28. The first-order valence-corrected chi connectivity index (χ1v) is 7.55. The summed E-state index contributed by atoms with van der Waals surface area (Å²) < 4.78 is -1.17. The van der Waals surface area contributed by atoms with Gasteiger partial charge in [0.2, 0.25) is 3.79 Å². The molecule has 0 N–H and O–H groups in total. The monoisotopic (exact) mass is 280 g/mol. The molecule has 0 amide bonds. The van der Waals surface area contributed by atoms with Gasteiger partial charge in [-0.1, -0.05) is 84.1 Å². The standard InChI is InChI=1S/C8H15Cl3S2/c1-5(2)7(8(9,10)11)13-12-6(3)4/h5-7H,1-4H3/t7-/m1/s1. The molecule has 0 aliphatic carbocycles. The SMILES string of the molecule is CC(C)SS[C@H](C(C)C)C(Cl)(Cl)Cl. The van der Waals surface area contributed by atoms with Crippen LogP contribution in [0.1, 0.15) is 27.7 Å². The van der Waals surface area contributed by atoms with Crippen LogP contribution in [-0.4, -0.2) is 14.3 Å². The number of hydrogen-bond acceptors (Lipinski definition) is 2. The molecule has 0 fully saturated rings. The summed E-state index contributed by atoms with van der Waals surface area (Å²) in [7, 11) is 3.42. The van der Waals surface area contributed by atoms with Gasteiger partial charge in [-0.3, -0.25) is 0 Å². The topological polar surface area (TPSA) is 0 Å². The van der Waals surface area contributed by atoms with Gasteiger partial charge in [-0.15, -0.1) is 0 Å². The lowest BCUT2D eigenvalue weighted by Crippen LogP contribution is -2.27. The Labute approximate surface area is 104 Å². The Hall–Kier alpha value is 1.57. The Morgan fingerprint density at radius 2 is 1.38 bits per heavy atom. The van der Waals surface area contributed by atoms with Gasteiger partial charge in [-0.25, -0.2) is 0 Å². The Morgan fingerprint density at radius 1 is 0.923 bits per heavy atom. The summed E-state index contributed by atoms with van der Waals surface area (Å²) in [6, 6.07) is 0. The zero-order valence-electron chi connectivity index (χ0n) is 8.18. The second-order valence-corrected chi connectivity index (χ2v) is 8.81. The molecular formula is C8H15Cl3S2. The van der Waals surface area contributed by atoms with Crippen LogP contribution in [0.4, 0.5) is 0 Å².